The van der Waals surface area contributed by atoms with Crippen LogP contribution >= 0.6 is 0 Å². The first-order chi connectivity index (χ1) is 14.1. The Kier molecular flexibility index (Phi) is 5.67. The van der Waals surface area contributed by atoms with Crippen LogP contribution in [0.3, 0.4) is 0 Å². The van der Waals surface area contributed by atoms with Gasteiger partial charge in [0.05, 0.1) is 18.8 Å². The number of nitrogens with zero attached hydrogens (tertiary/aromatic N) is 4. The first-order valence-corrected chi connectivity index (χ1v) is 9.70. The summed E-state index contributed by atoms with van der Waals surface area (Å²) >= 11 is 0. The molecule has 0 unspecified atom stereocenters. The first kappa shape index (κ1) is 19.3. The number of hydrogen-bond acceptors (Lipinski definition) is 4. The average Bonchev–Trinajstić information content (AvgIpc) is 3.17. The normalized spacial score (nSPS) is 16.8. The van der Waals surface area contributed by atoms with Crippen molar-refractivity contribution in [1.29, 1.82) is 0 Å². The molecule has 0 spiro atoms. The lowest BCUT2D eigenvalue weighted by Crippen LogP contribution is -2.42. The molecular weight excluding hydrogens is 371 g/mol. The van der Waals surface area contributed by atoms with Crippen LogP contribution in [0.25, 0.3) is 11.1 Å². The summed E-state index contributed by atoms with van der Waals surface area (Å²) in [5, 5.41) is 4.22. The highest BCUT2D eigenvalue weighted by Gasteiger charge is 2.26. The van der Waals surface area contributed by atoms with Crippen LogP contribution in [0.1, 0.15) is 23.9 Å². The summed E-state index contributed by atoms with van der Waals surface area (Å²) in [4.78, 5) is 18.9. The molecule has 1 aliphatic heterocycles. The Bertz CT molecular complexity index is 986. The van der Waals surface area contributed by atoms with Gasteiger partial charge >= 0.3 is 0 Å². The Hall–Kier alpha value is -3.06. The molecule has 6 nitrogen and oxygen atoms in total. The number of hydrogen-bond donors (Lipinski definition) is 0. The second kappa shape index (κ2) is 8.53. The molecule has 3 aromatic rings. The van der Waals surface area contributed by atoms with Crippen molar-refractivity contribution in [2.45, 2.75) is 26.0 Å². The van der Waals surface area contributed by atoms with Crippen molar-refractivity contribution in [1.82, 2.24) is 19.7 Å². The fourth-order valence-electron chi connectivity index (χ4n) is 3.50. The van der Waals surface area contributed by atoms with Crippen LogP contribution in [0.15, 0.2) is 54.9 Å². The smallest absolute Gasteiger partial charge is 0.224 e. The molecule has 1 amide bonds. The minimum absolute atomic E-state index is 0.0798. The molecule has 1 aliphatic rings. The van der Waals surface area contributed by atoms with Gasteiger partial charge in [0.2, 0.25) is 5.91 Å². The van der Waals surface area contributed by atoms with E-state index in [0.29, 0.717) is 43.8 Å². The third-order valence-electron chi connectivity index (χ3n) is 5.19. The zero-order valence-corrected chi connectivity index (χ0v) is 16.3. The van der Waals surface area contributed by atoms with E-state index in [0.717, 1.165) is 11.4 Å². The van der Waals surface area contributed by atoms with Crippen LogP contribution in [-0.4, -0.2) is 45.3 Å². The number of halogens is 1. The molecule has 3 heterocycles. The van der Waals surface area contributed by atoms with E-state index in [-0.39, 0.29) is 17.8 Å². The molecule has 1 atom stereocenters. The molecule has 7 heteroatoms. The van der Waals surface area contributed by atoms with Crippen molar-refractivity contribution in [3.63, 3.8) is 0 Å². The summed E-state index contributed by atoms with van der Waals surface area (Å²) in [5.41, 5.74) is 3.01. The van der Waals surface area contributed by atoms with Gasteiger partial charge in [-0.3, -0.25) is 14.5 Å². The maximum absolute atomic E-state index is 14.0. The van der Waals surface area contributed by atoms with E-state index in [2.05, 4.69) is 10.1 Å². The molecule has 1 aromatic carbocycles. The monoisotopic (exact) mass is 394 g/mol. The molecule has 1 fully saturated rings. The predicted molar refractivity (Wildman–Crippen MR) is 106 cm³/mol. The number of pyridine rings is 1. The highest BCUT2D eigenvalue weighted by molar-refractivity contribution is 5.76. The molecule has 0 aliphatic carbocycles. The summed E-state index contributed by atoms with van der Waals surface area (Å²) in [6.07, 6.45) is 3.50. The largest absolute Gasteiger partial charge is 0.368 e. The van der Waals surface area contributed by atoms with Crippen LogP contribution in [0.4, 0.5) is 4.39 Å². The molecule has 150 valence electrons. The quantitative estimate of drug-likeness (QED) is 0.666. The SMILES string of the molecule is Cc1ccnn1CCC(=O)N1CCO[C@@H](c2ccc(-c3ccccc3F)cn2)C1. The molecule has 2 aromatic heterocycles. The number of rotatable bonds is 5. The Morgan fingerprint density at radius 1 is 1.24 bits per heavy atom. The van der Waals surface area contributed by atoms with Crippen LogP contribution in [0, 0.1) is 12.7 Å². The second-order valence-electron chi connectivity index (χ2n) is 7.10. The number of ether oxygens (including phenoxy) is 1. The van der Waals surface area contributed by atoms with Crippen LogP contribution in [-0.2, 0) is 16.1 Å². The minimum atomic E-state index is -0.284. The molecule has 29 heavy (non-hydrogen) atoms. The Labute approximate surface area is 168 Å². The Morgan fingerprint density at radius 3 is 2.83 bits per heavy atom. The third-order valence-corrected chi connectivity index (χ3v) is 5.19. The van der Waals surface area contributed by atoms with E-state index in [1.54, 1.807) is 30.6 Å². The number of amides is 1. The van der Waals surface area contributed by atoms with Gasteiger partial charge in [-0.1, -0.05) is 24.3 Å². The van der Waals surface area contributed by atoms with E-state index in [4.69, 9.17) is 4.74 Å². The van der Waals surface area contributed by atoms with Gasteiger partial charge < -0.3 is 9.64 Å². The summed E-state index contributed by atoms with van der Waals surface area (Å²) in [7, 11) is 0. The summed E-state index contributed by atoms with van der Waals surface area (Å²) in [5.74, 6) is -0.198. The third kappa shape index (κ3) is 4.35. The van der Waals surface area contributed by atoms with Crippen LogP contribution in [0.5, 0.6) is 0 Å². The molecule has 0 bridgehead atoms. The summed E-state index contributed by atoms with van der Waals surface area (Å²) in [6, 6.07) is 12.2. The zero-order valence-electron chi connectivity index (χ0n) is 16.3. The Morgan fingerprint density at radius 2 is 2.10 bits per heavy atom. The fourth-order valence-corrected chi connectivity index (χ4v) is 3.50. The number of aromatic nitrogens is 3. The predicted octanol–water partition coefficient (Wildman–Crippen LogP) is 3.38. The minimum Gasteiger partial charge on any atom is -0.368 e. The number of benzene rings is 1. The lowest BCUT2D eigenvalue weighted by atomic mass is 10.1. The number of carbonyl (C=O) groups is 1. The van der Waals surface area contributed by atoms with Crippen molar-refractivity contribution >= 4 is 5.91 Å². The molecule has 0 N–H and O–H groups in total. The number of morpholine rings is 1. The van der Waals surface area contributed by atoms with Gasteiger partial charge in [0.15, 0.2) is 0 Å². The van der Waals surface area contributed by atoms with Gasteiger partial charge in [-0.05, 0) is 25.1 Å². The topological polar surface area (TPSA) is 60.2 Å². The molecule has 0 radical (unpaired) electrons. The molecule has 1 saturated heterocycles. The number of carbonyl (C=O) groups excluding carboxylic acids is 1. The maximum atomic E-state index is 14.0. The Balaban J connectivity index is 1.39. The summed E-state index contributed by atoms with van der Waals surface area (Å²) in [6.45, 7) is 4.03. The van der Waals surface area contributed by atoms with Crippen molar-refractivity contribution in [2.24, 2.45) is 0 Å². The van der Waals surface area contributed by atoms with Crippen molar-refractivity contribution in [3.05, 3.63) is 72.1 Å². The van der Waals surface area contributed by atoms with E-state index in [9.17, 15) is 9.18 Å². The molecule has 4 rings (SSSR count). The lowest BCUT2D eigenvalue weighted by molar-refractivity contribution is -0.139. The first-order valence-electron chi connectivity index (χ1n) is 9.70. The number of aryl methyl sites for hydroxylation is 2. The zero-order chi connectivity index (χ0) is 20.2. The van der Waals surface area contributed by atoms with Gasteiger partial charge in [-0.15, -0.1) is 0 Å². The van der Waals surface area contributed by atoms with Gasteiger partial charge in [-0.25, -0.2) is 4.39 Å². The van der Waals surface area contributed by atoms with Gasteiger partial charge in [-0.2, -0.15) is 5.10 Å². The van der Waals surface area contributed by atoms with E-state index >= 15 is 0 Å². The van der Waals surface area contributed by atoms with E-state index in [1.165, 1.54) is 6.07 Å². The standard InChI is InChI=1S/C22H23FN4O2/c1-16-8-10-25-27(16)11-9-22(28)26-12-13-29-21(15-26)20-7-6-17(14-24-20)18-4-2-3-5-19(18)23/h2-8,10,14,21H,9,11-13,15H2,1H3/t21-/m1/s1. The van der Waals surface area contributed by atoms with Gasteiger partial charge in [0, 0.05) is 48.7 Å². The van der Waals surface area contributed by atoms with E-state index < -0.39 is 0 Å². The average molecular weight is 394 g/mol. The van der Waals surface area contributed by atoms with Gasteiger partial charge in [0.1, 0.15) is 11.9 Å². The van der Waals surface area contributed by atoms with Crippen LogP contribution < -0.4 is 0 Å². The van der Waals surface area contributed by atoms with Crippen molar-refractivity contribution < 1.29 is 13.9 Å². The highest BCUT2D eigenvalue weighted by Crippen LogP contribution is 2.25. The molecular formula is C22H23FN4O2. The van der Waals surface area contributed by atoms with E-state index in [1.807, 2.05) is 34.7 Å². The van der Waals surface area contributed by atoms with Crippen molar-refractivity contribution in [3.8, 4) is 11.1 Å². The lowest BCUT2D eigenvalue weighted by Gasteiger charge is -2.32. The molecule has 0 saturated carbocycles. The van der Waals surface area contributed by atoms with Crippen molar-refractivity contribution in [2.75, 3.05) is 19.7 Å². The maximum Gasteiger partial charge on any atom is 0.224 e. The fraction of sp³-hybridized carbons (Fsp3) is 0.318. The second-order valence-corrected chi connectivity index (χ2v) is 7.10. The van der Waals surface area contributed by atoms with Gasteiger partial charge in [0.25, 0.3) is 0 Å². The highest BCUT2D eigenvalue weighted by atomic mass is 19.1. The summed E-state index contributed by atoms with van der Waals surface area (Å²) < 4.78 is 21.6. The van der Waals surface area contributed by atoms with Crippen LogP contribution in [0.2, 0.25) is 0 Å².